The monoisotopic (exact) mass is 435 g/mol. The maximum absolute atomic E-state index is 13.8. The van der Waals surface area contributed by atoms with Crippen LogP contribution in [0.2, 0.25) is 0 Å². The molecule has 4 rings (SSSR count). The second-order valence-electron chi connectivity index (χ2n) is 8.33. The van der Waals surface area contributed by atoms with E-state index >= 15 is 0 Å². The van der Waals surface area contributed by atoms with E-state index in [1.165, 1.54) is 4.90 Å². The Hall–Kier alpha value is -3.32. The van der Waals surface area contributed by atoms with E-state index in [9.17, 15) is 9.59 Å². The number of piperazine rings is 1. The number of likely N-dealkylation sites (N-methyl/N-ethyl adjacent to an activating group) is 1. The van der Waals surface area contributed by atoms with Gasteiger partial charge < -0.3 is 19.3 Å². The van der Waals surface area contributed by atoms with E-state index in [-0.39, 0.29) is 11.8 Å². The summed E-state index contributed by atoms with van der Waals surface area (Å²) in [5.41, 5.74) is 4.33. The maximum atomic E-state index is 13.8. The van der Waals surface area contributed by atoms with Gasteiger partial charge in [0.2, 0.25) is 0 Å². The highest BCUT2D eigenvalue weighted by molar-refractivity contribution is 6.45. The van der Waals surface area contributed by atoms with Crippen molar-refractivity contribution in [3.63, 3.8) is 0 Å². The quantitative estimate of drug-likeness (QED) is 0.673. The first kappa shape index (κ1) is 21.9. The number of imide groups is 1. The van der Waals surface area contributed by atoms with Gasteiger partial charge in [0.25, 0.3) is 11.8 Å². The number of rotatable bonds is 5. The van der Waals surface area contributed by atoms with Crippen LogP contribution in [0.1, 0.15) is 16.7 Å². The third-order valence-electron chi connectivity index (χ3n) is 6.27. The maximum Gasteiger partial charge on any atom is 0.282 e. The van der Waals surface area contributed by atoms with Crippen molar-refractivity contribution < 1.29 is 19.1 Å². The van der Waals surface area contributed by atoms with Gasteiger partial charge in [-0.15, -0.1) is 0 Å². The molecule has 2 heterocycles. The first-order valence-electron chi connectivity index (χ1n) is 10.7. The molecule has 0 aromatic heterocycles. The molecule has 7 nitrogen and oxygen atoms in total. The van der Waals surface area contributed by atoms with Crippen LogP contribution in [-0.4, -0.2) is 69.1 Å². The van der Waals surface area contributed by atoms with Crippen LogP contribution in [0.25, 0.3) is 5.57 Å². The van der Waals surface area contributed by atoms with Crippen LogP contribution in [0.4, 0.5) is 5.69 Å². The highest BCUT2D eigenvalue weighted by atomic mass is 16.5. The summed E-state index contributed by atoms with van der Waals surface area (Å²) in [7, 11) is 5.15. The average Bonchev–Trinajstić information content (AvgIpc) is 3.05. The minimum Gasteiger partial charge on any atom is -0.497 e. The van der Waals surface area contributed by atoms with Gasteiger partial charge in [0.1, 0.15) is 17.2 Å². The summed E-state index contributed by atoms with van der Waals surface area (Å²) in [5, 5.41) is 0. The van der Waals surface area contributed by atoms with Gasteiger partial charge >= 0.3 is 0 Å². The molecule has 2 aromatic rings. The zero-order chi connectivity index (χ0) is 23.0. The molecule has 0 atom stereocenters. The summed E-state index contributed by atoms with van der Waals surface area (Å²) in [6.45, 7) is 7.09. The third-order valence-corrected chi connectivity index (χ3v) is 6.27. The van der Waals surface area contributed by atoms with Gasteiger partial charge in [0.15, 0.2) is 0 Å². The Labute approximate surface area is 188 Å². The number of hydrogen-bond acceptors (Lipinski definition) is 6. The summed E-state index contributed by atoms with van der Waals surface area (Å²) >= 11 is 0. The number of methoxy groups -OCH3 is 2. The number of anilines is 1. The first-order valence-corrected chi connectivity index (χ1v) is 10.7. The zero-order valence-corrected chi connectivity index (χ0v) is 19.3. The minimum atomic E-state index is -0.331. The average molecular weight is 436 g/mol. The third kappa shape index (κ3) is 3.84. The molecule has 7 heteroatoms. The Morgan fingerprint density at radius 1 is 0.781 bits per heavy atom. The highest BCUT2D eigenvalue weighted by Crippen LogP contribution is 2.38. The van der Waals surface area contributed by atoms with Gasteiger partial charge in [-0.05, 0) is 37.6 Å². The molecule has 0 saturated carbocycles. The fourth-order valence-electron chi connectivity index (χ4n) is 4.15. The molecule has 2 amide bonds. The molecule has 168 valence electrons. The van der Waals surface area contributed by atoms with E-state index < -0.39 is 0 Å². The largest absolute Gasteiger partial charge is 0.497 e. The van der Waals surface area contributed by atoms with Gasteiger partial charge in [-0.2, -0.15) is 0 Å². The van der Waals surface area contributed by atoms with E-state index in [1.807, 2.05) is 36.9 Å². The smallest absolute Gasteiger partial charge is 0.282 e. The molecule has 2 aliphatic heterocycles. The van der Waals surface area contributed by atoms with Crippen LogP contribution in [0, 0.1) is 13.8 Å². The Kier molecular flexibility index (Phi) is 5.93. The number of carbonyl (C=O) groups is 2. The first-order chi connectivity index (χ1) is 15.3. The fraction of sp³-hybridized carbons (Fsp3) is 0.360. The van der Waals surface area contributed by atoms with Crippen LogP contribution in [0.3, 0.4) is 0 Å². The lowest BCUT2D eigenvalue weighted by Gasteiger charge is -2.34. The molecule has 0 spiro atoms. The highest BCUT2D eigenvalue weighted by Gasteiger charge is 2.43. The van der Waals surface area contributed by atoms with Gasteiger partial charge in [0, 0.05) is 44.4 Å². The van der Waals surface area contributed by atoms with Crippen LogP contribution < -0.4 is 14.4 Å². The summed E-state index contributed by atoms with van der Waals surface area (Å²) in [5.74, 6) is 0.382. The number of amides is 2. The standard InChI is InChI=1S/C25H29N3O4/c1-16-6-7-18(12-17(16)2)22-23(27-10-8-26(3)9-11-27)25(30)28(24(22)29)19-13-20(31-4)15-21(14-19)32-5/h6-7,12-15H,8-11H2,1-5H3. The van der Waals surface area contributed by atoms with Crippen molar-refractivity contribution in [2.75, 3.05) is 52.3 Å². The molecule has 0 aliphatic carbocycles. The van der Waals surface area contributed by atoms with E-state index in [4.69, 9.17) is 9.47 Å². The molecular formula is C25H29N3O4. The van der Waals surface area contributed by atoms with E-state index in [0.29, 0.717) is 41.5 Å². The SMILES string of the molecule is COc1cc(OC)cc(N2C(=O)C(c3ccc(C)c(C)c3)=C(N3CCN(C)CC3)C2=O)c1. The predicted octanol–water partition coefficient (Wildman–Crippen LogP) is 2.85. The molecular weight excluding hydrogens is 406 g/mol. The summed E-state index contributed by atoms with van der Waals surface area (Å²) in [6.07, 6.45) is 0. The van der Waals surface area contributed by atoms with Crippen LogP contribution in [-0.2, 0) is 9.59 Å². The van der Waals surface area contributed by atoms with Crippen LogP contribution in [0.5, 0.6) is 11.5 Å². The van der Waals surface area contributed by atoms with Crippen molar-refractivity contribution >= 4 is 23.1 Å². The topological polar surface area (TPSA) is 62.3 Å². The second-order valence-corrected chi connectivity index (χ2v) is 8.33. The Balaban J connectivity index is 1.84. The van der Waals surface area contributed by atoms with Gasteiger partial charge in [-0.25, -0.2) is 4.90 Å². The lowest BCUT2D eigenvalue weighted by Crippen LogP contribution is -2.46. The van der Waals surface area contributed by atoms with Crippen molar-refractivity contribution in [1.29, 1.82) is 0 Å². The Morgan fingerprint density at radius 2 is 1.41 bits per heavy atom. The van der Waals surface area contributed by atoms with E-state index in [2.05, 4.69) is 11.9 Å². The molecule has 2 aromatic carbocycles. The molecule has 1 fully saturated rings. The number of ether oxygens (including phenoxy) is 2. The molecule has 1 saturated heterocycles. The molecule has 0 N–H and O–H groups in total. The summed E-state index contributed by atoms with van der Waals surface area (Å²) < 4.78 is 10.7. The minimum absolute atomic E-state index is 0.317. The van der Waals surface area contributed by atoms with Crippen molar-refractivity contribution in [3.05, 3.63) is 58.8 Å². The molecule has 32 heavy (non-hydrogen) atoms. The molecule has 2 aliphatic rings. The fourth-order valence-corrected chi connectivity index (χ4v) is 4.15. The number of aryl methyl sites for hydroxylation is 2. The summed E-state index contributed by atoms with van der Waals surface area (Å²) in [4.78, 5) is 33.0. The van der Waals surface area contributed by atoms with Crippen molar-refractivity contribution in [2.24, 2.45) is 0 Å². The number of hydrogen-bond donors (Lipinski definition) is 0. The van der Waals surface area contributed by atoms with Gasteiger partial charge in [-0.1, -0.05) is 18.2 Å². The molecule has 0 radical (unpaired) electrons. The lowest BCUT2D eigenvalue weighted by molar-refractivity contribution is -0.120. The van der Waals surface area contributed by atoms with Crippen molar-refractivity contribution in [2.45, 2.75) is 13.8 Å². The predicted molar refractivity (Wildman–Crippen MR) is 124 cm³/mol. The molecule has 0 bridgehead atoms. The van der Waals surface area contributed by atoms with Crippen LogP contribution >= 0.6 is 0 Å². The van der Waals surface area contributed by atoms with Crippen molar-refractivity contribution in [1.82, 2.24) is 9.80 Å². The number of benzene rings is 2. The normalized spacial score (nSPS) is 17.4. The van der Waals surface area contributed by atoms with Crippen molar-refractivity contribution in [3.8, 4) is 11.5 Å². The Bertz CT molecular complexity index is 1080. The van der Waals surface area contributed by atoms with Gasteiger partial charge in [0.05, 0.1) is 25.5 Å². The van der Waals surface area contributed by atoms with E-state index in [1.54, 1.807) is 32.4 Å². The summed E-state index contributed by atoms with van der Waals surface area (Å²) in [6, 6.07) is 11.0. The number of carbonyl (C=O) groups excluding carboxylic acids is 2. The zero-order valence-electron chi connectivity index (χ0n) is 19.3. The van der Waals surface area contributed by atoms with Crippen LogP contribution in [0.15, 0.2) is 42.1 Å². The lowest BCUT2D eigenvalue weighted by atomic mass is 9.99. The van der Waals surface area contributed by atoms with E-state index in [0.717, 1.165) is 29.8 Å². The second kappa shape index (κ2) is 8.67. The molecule has 0 unspecified atom stereocenters. The Morgan fingerprint density at radius 3 is 1.97 bits per heavy atom. The van der Waals surface area contributed by atoms with Gasteiger partial charge in [-0.3, -0.25) is 9.59 Å². The number of nitrogens with zero attached hydrogens (tertiary/aromatic N) is 3.